The topological polar surface area (TPSA) is 66.8 Å². The molecule has 0 aromatic heterocycles. The highest BCUT2D eigenvalue weighted by atomic mass is 31.2. The van der Waals surface area contributed by atoms with Crippen LogP contribution < -0.4 is 0 Å². The van der Waals surface area contributed by atoms with Gasteiger partial charge in [-0.2, -0.15) is 0 Å². The summed E-state index contributed by atoms with van der Waals surface area (Å²) in [5, 5.41) is 0. The molecule has 5 nitrogen and oxygen atoms in total. The second-order valence-electron chi connectivity index (χ2n) is 9.36. The van der Waals surface area contributed by atoms with E-state index in [9.17, 15) is 14.3 Å². The molecule has 1 N–H and O–H groups in total. The Morgan fingerprint density at radius 2 is 0.969 bits per heavy atom. The fourth-order valence-corrected chi connectivity index (χ4v) is 5.03. The molecule has 0 aromatic rings. The van der Waals surface area contributed by atoms with E-state index in [4.69, 9.17) is 4.52 Å². The zero-order chi connectivity index (χ0) is 23.9. The number of unbranched alkanes of at least 4 members (excludes halogenated alkanes) is 16. The van der Waals surface area contributed by atoms with Gasteiger partial charge in [-0.1, -0.05) is 124 Å². The second kappa shape index (κ2) is 22.3. The third-order valence-corrected chi connectivity index (χ3v) is 7.41. The summed E-state index contributed by atoms with van der Waals surface area (Å²) in [6, 6.07) is 0. The zero-order valence-corrected chi connectivity index (χ0v) is 22.5. The summed E-state index contributed by atoms with van der Waals surface area (Å²) in [6.07, 6.45) is 20.9. The van der Waals surface area contributed by atoms with Crippen LogP contribution in [0.1, 0.15) is 143 Å². The van der Waals surface area contributed by atoms with Gasteiger partial charge in [0, 0.05) is 13.1 Å². The fourth-order valence-electron chi connectivity index (χ4n) is 3.95. The molecule has 6 heteroatoms. The molecule has 0 rings (SSSR count). The van der Waals surface area contributed by atoms with Crippen molar-refractivity contribution in [3.8, 4) is 0 Å². The fraction of sp³-hybridized carbons (Fsp3) is 0.962. The van der Waals surface area contributed by atoms with E-state index in [1.165, 1.54) is 77.0 Å². The van der Waals surface area contributed by atoms with E-state index in [1.807, 2.05) is 0 Å². The molecule has 192 valence electrons. The van der Waals surface area contributed by atoms with Crippen molar-refractivity contribution in [2.24, 2.45) is 0 Å². The van der Waals surface area contributed by atoms with E-state index in [2.05, 4.69) is 20.8 Å². The highest BCUT2D eigenvalue weighted by molar-refractivity contribution is 7.53. The van der Waals surface area contributed by atoms with Crippen molar-refractivity contribution in [3.63, 3.8) is 0 Å². The van der Waals surface area contributed by atoms with Crippen LogP contribution in [0.25, 0.3) is 0 Å². The van der Waals surface area contributed by atoms with E-state index in [0.29, 0.717) is 19.5 Å². The number of nitrogens with zero attached hydrogens (tertiary/aromatic N) is 1. The van der Waals surface area contributed by atoms with Gasteiger partial charge in [-0.3, -0.25) is 0 Å². The van der Waals surface area contributed by atoms with Gasteiger partial charge < -0.3 is 14.3 Å². The summed E-state index contributed by atoms with van der Waals surface area (Å²) < 4.78 is 17.6. The van der Waals surface area contributed by atoms with Crippen molar-refractivity contribution in [1.29, 1.82) is 0 Å². The van der Waals surface area contributed by atoms with Gasteiger partial charge in [-0.05, 0) is 19.3 Å². The lowest BCUT2D eigenvalue weighted by molar-refractivity contribution is 0.144. The maximum Gasteiger partial charge on any atom is 0.416 e. The smallest absolute Gasteiger partial charge is 0.375 e. The molecule has 0 saturated heterocycles. The van der Waals surface area contributed by atoms with Gasteiger partial charge in [0.1, 0.15) is 0 Å². The number of hydrogen-bond acceptors (Lipinski definition) is 3. The van der Waals surface area contributed by atoms with E-state index in [0.717, 1.165) is 38.5 Å². The van der Waals surface area contributed by atoms with Crippen molar-refractivity contribution in [2.75, 3.05) is 19.3 Å². The molecule has 0 heterocycles. The molecule has 0 aliphatic heterocycles. The Bertz CT molecular complexity index is 457. The van der Waals surface area contributed by atoms with Crippen LogP contribution in [0.15, 0.2) is 0 Å². The van der Waals surface area contributed by atoms with E-state index in [-0.39, 0.29) is 6.16 Å². The Balaban J connectivity index is 4.37. The van der Waals surface area contributed by atoms with Crippen molar-refractivity contribution < 1.29 is 18.8 Å². The van der Waals surface area contributed by atoms with Gasteiger partial charge in [-0.15, -0.1) is 0 Å². The number of carbonyl (C=O) groups is 1. The first kappa shape index (κ1) is 31.5. The predicted octanol–water partition coefficient (Wildman–Crippen LogP) is 9.08. The minimum absolute atomic E-state index is 0.0778. The van der Waals surface area contributed by atoms with Crippen molar-refractivity contribution in [2.45, 2.75) is 143 Å². The normalized spacial score (nSPS) is 13.1. The molecule has 1 unspecified atom stereocenters. The Hall–Kier alpha value is -0.540. The van der Waals surface area contributed by atoms with Crippen LogP contribution in [-0.2, 0) is 9.09 Å². The lowest BCUT2D eigenvalue weighted by atomic mass is 10.1. The Kier molecular flexibility index (Phi) is 21.9. The molecule has 0 aliphatic carbocycles. The molecule has 0 saturated carbocycles. The summed E-state index contributed by atoms with van der Waals surface area (Å²) in [5.74, 6) is 0. The highest BCUT2D eigenvalue weighted by Gasteiger charge is 2.26. The van der Waals surface area contributed by atoms with Crippen LogP contribution in [-0.4, -0.2) is 35.1 Å². The molecule has 0 fully saturated rings. The van der Waals surface area contributed by atoms with Gasteiger partial charge >= 0.3 is 13.7 Å². The van der Waals surface area contributed by atoms with Gasteiger partial charge in [0.05, 0.1) is 6.16 Å². The van der Waals surface area contributed by atoms with Crippen molar-refractivity contribution in [1.82, 2.24) is 4.90 Å². The number of hydrogen-bond donors (Lipinski definition) is 1. The van der Waals surface area contributed by atoms with E-state index >= 15 is 0 Å². The number of rotatable bonds is 23. The van der Waals surface area contributed by atoms with Crippen LogP contribution >= 0.6 is 7.60 Å². The molecule has 1 atom stereocenters. The monoisotopic (exact) mass is 475 g/mol. The first-order chi connectivity index (χ1) is 15.5. The number of carbonyl (C=O) groups excluding carboxylic acids is 1. The third kappa shape index (κ3) is 20.1. The van der Waals surface area contributed by atoms with Crippen LogP contribution in [0.5, 0.6) is 0 Å². The largest absolute Gasteiger partial charge is 0.416 e. The second-order valence-corrected chi connectivity index (χ2v) is 11.3. The maximum atomic E-state index is 12.7. The Labute approximate surface area is 199 Å². The molecule has 0 bridgehead atoms. The van der Waals surface area contributed by atoms with Gasteiger partial charge in [0.25, 0.3) is 0 Å². The summed E-state index contributed by atoms with van der Waals surface area (Å²) >= 11 is 0. The average molecular weight is 476 g/mol. The highest BCUT2D eigenvalue weighted by Crippen LogP contribution is 2.43. The summed E-state index contributed by atoms with van der Waals surface area (Å²) in [7, 11) is -3.86. The zero-order valence-electron chi connectivity index (χ0n) is 21.6. The Morgan fingerprint density at radius 1 is 0.625 bits per heavy atom. The predicted molar refractivity (Wildman–Crippen MR) is 137 cm³/mol. The third-order valence-electron chi connectivity index (χ3n) is 6.09. The summed E-state index contributed by atoms with van der Waals surface area (Å²) in [6.45, 7) is 7.85. The molecule has 0 aliphatic rings. The van der Waals surface area contributed by atoms with Crippen LogP contribution in [0, 0.1) is 0 Å². The minimum Gasteiger partial charge on any atom is -0.375 e. The average Bonchev–Trinajstić information content (AvgIpc) is 2.75. The molecular formula is C26H54NO4P. The van der Waals surface area contributed by atoms with E-state index in [1.54, 1.807) is 4.90 Å². The first-order valence-electron chi connectivity index (χ1n) is 13.8. The molecule has 0 aromatic carbocycles. The van der Waals surface area contributed by atoms with Crippen molar-refractivity contribution >= 4 is 13.7 Å². The maximum absolute atomic E-state index is 12.7. The van der Waals surface area contributed by atoms with Gasteiger partial charge in [0.2, 0.25) is 0 Å². The first-order valence-corrected chi connectivity index (χ1v) is 15.5. The van der Waals surface area contributed by atoms with Gasteiger partial charge in [0.15, 0.2) is 0 Å². The van der Waals surface area contributed by atoms with Crippen molar-refractivity contribution in [3.05, 3.63) is 0 Å². The molecule has 0 spiro atoms. The quantitative estimate of drug-likeness (QED) is 0.118. The lowest BCUT2D eigenvalue weighted by Crippen LogP contribution is -2.33. The SMILES string of the molecule is CCCCCCCCCP(=O)(O)OC(=O)N(CCCCCCCC)CCCCCCCC. The van der Waals surface area contributed by atoms with E-state index < -0.39 is 13.7 Å². The van der Waals surface area contributed by atoms with Crippen LogP contribution in [0.4, 0.5) is 4.79 Å². The minimum atomic E-state index is -3.86. The lowest BCUT2D eigenvalue weighted by Gasteiger charge is -2.23. The van der Waals surface area contributed by atoms with Crippen LogP contribution in [0.2, 0.25) is 0 Å². The van der Waals surface area contributed by atoms with Gasteiger partial charge in [-0.25, -0.2) is 9.36 Å². The summed E-state index contributed by atoms with van der Waals surface area (Å²) in [4.78, 5) is 24.5. The molecule has 0 radical (unpaired) electrons. The molecular weight excluding hydrogens is 421 g/mol. The van der Waals surface area contributed by atoms with Crippen LogP contribution in [0.3, 0.4) is 0 Å². The Morgan fingerprint density at radius 3 is 1.38 bits per heavy atom. The standard InChI is InChI=1S/C26H54NO4P/c1-4-7-10-13-16-19-22-25-32(29,30)31-26(28)27(23-20-17-14-11-8-5-2)24-21-18-15-12-9-6-3/h4-25H2,1-3H3,(H,29,30). The molecule has 32 heavy (non-hydrogen) atoms. The summed E-state index contributed by atoms with van der Waals surface area (Å²) in [5.41, 5.74) is 0. The number of amides is 1. The molecule has 1 amide bonds.